The van der Waals surface area contributed by atoms with Crippen molar-refractivity contribution >= 4 is 5.91 Å². The van der Waals surface area contributed by atoms with Crippen LogP contribution in [0.1, 0.15) is 27.7 Å². The van der Waals surface area contributed by atoms with Crippen molar-refractivity contribution in [2.24, 2.45) is 0 Å². The van der Waals surface area contributed by atoms with Gasteiger partial charge in [0.25, 0.3) is 5.91 Å². The van der Waals surface area contributed by atoms with Crippen molar-refractivity contribution in [3.8, 4) is 28.5 Å². The van der Waals surface area contributed by atoms with Crippen LogP contribution in [0.3, 0.4) is 0 Å². The van der Waals surface area contributed by atoms with E-state index in [9.17, 15) is 4.79 Å². The van der Waals surface area contributed by atoms with E-state index >= 15 is 0 Å². The van der Waals surface area contributed by atoms with E-state index in [-0.39, 0.29) is 11.9 Å². The maximum Gasteiger partial charge on any atom is 0.272 e. The van der Waals surface area contributed by atoms with Gasteiger partial charge in [-0.25, -0.2) is 0 Å². The standard InChI is InChI=1S/C21H21N3O4/c1-24-20(15-10-9-14(27-3)11-16(15)28-4)17-18(22-23-19(17)21(24)25)12-5-7-13(26-2)8-6-12/h5-11,20H,1-4H3,(H,22,23). The summed E-state index contributed by atoms with van der Waals surface area (Å²) in [5, 5.41) is 7.35. The highest BCUT2D eigenvalue weighted by Crippen LogP contribution is 2.45. The summed E-state index contributed by atoms with van der Waals surface area (Å²) in [7, 11) is 6.62. The highest BCUT2D eigenvalue weighted by atomic mass is 16.5. The number of carbonyl (C=O) groups is 1. The highest BCUT2D eigenvalue weighted by Gasteiger charge is 2.41. The van der Waals surface area contributed by atoms with E-state index in [2.05, 4.69) is 10.2 Å². The zero-order valence-electron chi connectivity index (χ0n) is 16.1. The van der Waals surface area contributed by atoms with Crippen LogP contribution < -0.4 is 14.2 Å². The maximum atomic E-state index is 12.8. The van der Waals surface area contributed by atoms with Gasteiger partial charge in [-0.15, -0.1) is 0 Å². The molecule has 28 heavy (non-hydrogen) atoms. The van der Waals surface area contributed by atoms with Gasteiger partial charge in [0.2, 0.25) is 0 Å². The molecule has 0 spiro atoms. The molecule has 0 radical (unpaired) electrons. The van der Waals surface area contributed by atoms with Crippen molar-refractivity contribution in [2.45, 2.75) is 6.04 Å². The van der Waals surface area contributed by atoms with Crippen LogP contribution in [0.25, 0.3) is 11.3 Å². The molecule has 1 aromatic heterocycles. The first-order valence-corrected chi connectivity index (χ1v) is 8.80. The van der Waals surface area contributed by atoms with Gasteiger partial charge in [0.05, 0.1) is 33.1 Å². The van der Waals surface area contributed by atoms with Crippen molar-refractivity contribution in [3.05, 3.63) is 59.3 Å². The van der Waals surface area contributed by atoms with Gasteiger partial charge in [0.1, 0.15) is 22.9 Å². The SMILES string of the molecule is COc1ccc(-c2n[nH]c3c2C(c2ccc(OC)cc2OC)N(C)C3=O)cc1. The number of aromatic nitrogens is 2. The quantitative estimate of drug-likeness (QED) is 0.736. The third kappa shape index (κ3) is 2.67. The molecule has 2 heterocycles. The zero-order chi connectivity index (χ0) is 19.8. The molecule has 1 unspecified atom stereocenters. The minimum atomic E-state index is -0.320. The Morgan fingerprint density at radius 2 is 1.64 bits per heavy atom. The summed E-state index contributed by atoms with van der Waals surface area (Å²) in [4.78, 5) is 14.5. The molecule has 0 saturated carbocycles. The van der Waals surface area contributed by atoms with Crippen LogP contribution in [0.15, 0.2) is 42.5 Å². The number of hydrogen-bond acceptors (Lipinski definition) is 5. The van der Waals surface area contributed by atoms with Gasteiger partial charge in [0.15, 0.2) is 0 Å². The van der Waals surface area contributed by atoms with E-state index < -0.39 is 0 Å². The molecule has 1 atom stereocenters. The van der Waals surface area contributed by atoms with Crippen molar-refractivity contribution in [2.75, 3.05) is 28.4 Å². The molecule has 3 aromatic rings. The molecule has 1 aliphatic rings. The molecular formula is C21H21N3O4. The van der Waals surface area contributed by atoms with Crippen LogP contribution in [0, 0.1) is 0 Å². The Balaban J connectivity index is 1.86. The van der Waals surface area contributed by atoms with E-state index in [1.165, 1.54) is 0 Å². The summed E-state index contributed by atoms with van der Waals surface area (Å²) in [5.41, 5.74) is 3.84. The smallest absolute Gasteiger partial charge is 0.272 e. The van der Waals surface area contributed by atoms with E-state index in [4.69, 9.17) is 14.2 Å². The maximum absolute atomic E-state index is 12.8. The number of H-pyrrole nitrogens is 1. The third-order valence-electron chi connectivity index (χ3n) is 5.10. The monoisotopic (exact) mass is 379 g/mol. The number of ether oxygens (including phenoxy) is 3. The van der Waals surface area contributed by atoms with Crippen LogP contribution in [-0.4, -0.2) is 49.4 Å². The lowest BCUT2D eigenvalue weighted by Crippen LogP contribution is -2.25. The summed E-state index contributed by atoms with van der Waals surface area (Å²) >= 11 is 0. The average Bonchev–Trinajstić information content (AvgIpc) is 3.27. The lowest BCUT2D eigenvalue weighted by molar-refractivity contribution is 0.0787. The zero-order valence-corrected chi connectivity index (χ0v) is 16.1. The average molecular weight is 379 g/mol. The molecule has 2 aromatic carbocycles. The van der Waals surface area contributed by atoms with E-state index in [1.54, 1.807) is 33.3 Å². The van der Waals surface area contributed by atoms with Crippen LogP contribution in [-0.2, 0) is 0 Å². The van der Waals surface area contributed by atoms with E-state index in [0.29, 0.717) is 17.2 Å². The number of rotatable bonds is 5. The first-order chi connectivity index (χ1) is 13.6. The van der Waals surface area contributed by atoms with Crippen LogP contribution in [0.4, 0.5) is 0 Å². The van der Waals surface area contributed by atoms with Gasteiger partial charge in [0, 0.05) is 29.8 Å². The number of aromatic amines is 1. The van der Waals surface area contributed by atoms with Gasteiger partial charge in [-0.1, -0.05) is 0 Å². The lowest BCUT2D eigenvalue weighted by atomic mass is 9.95. The molecule has 144 valence electrons. The molecule has 7 nitrogen and oxygen atoms in total. The molecule has 4 rings (SSSR count). The summed E-state index contributed by atoms with van der Waals surface area (Å²) in [5.74, 6) is 2.00. The molecule has 1 amide bonds. The van der Waals surface area contributed by atoms with Crippen molar-refractivity contribution in [1.29, 1.82) is 0 Å². The van der Waals surface area contributed by atoms with Gasteiger partial charge < -0.3 is 19.1 Å². The molecule has 7 heteroatoms. The molecule has 0 saturated heterocycles. The Labute approximate surface area is 162 Å². The second-order valence-electron chi connectivity index (χ2n) is 6.52. The Hall–Kier alpha value is -3.48. The Kier molecular flexibility index (Phi) is 4.43. The number of methoxy groups -OCH3 is 3. The molecule has 0 bridgehead atoms. The fourth-order valence-corrected chi connectivity index (χ4v) is 3.64. The van der Waals surface area contributed by atoms with Crippen molar-refractivity contribution in [1.82, 2.24) is 15.1 Å². The van der Waals surface area contributed by atoms with Crippen molar-refractivity contribution in [3.63, 3.8) is 0 Å². The summed E-state index contributed by atoms with van der Waals surface area (Å²) in [6.45, 7) is 0. The largest absolute Gasteiger partial charge is 0.497 e. The summed E-state index contributed by atoms with van der Waals surface area (Å²) in [6.07, 6.45) is 0. The van der Waals surface area contributed by atoms with Crippen LogP contribution in [0.2, 0.25) is 0 Å². The predicted octanol–water partition coefficient (Wildman–Crippen LogP) is 3.28. The number of amides is 1. The summed E-state index contributed by atoms with van der Waals surface area (Å²) in [6, 6.07) is 12.9. The third-order valence-corrected chi connectivity index (χ3v) is 5.10. The predicted molar refractivity (Wildman–Crippen MR) is 104 cm³/mol. The second kappa shape index (κ2) is 6.92. The Bertz CT molecular complexity index is 1030. The fraction of sp³-hybridized carbons (Fsp3) is 0.238. The first-order valence-electron chi connectivity index (χ1n) is 8.80. The van der Waals surface area contributed by atoms with Gasteiger partial charge in [-0.3, -0.25) is 9.89 Å². The Morgan fingerprint density at radius 3 is 2.29 bits per heavy atom. The molecule has 1 N–H and O–H groups in total. The van der Waals surface area contributed by atoms with Crippen LogP contribution >= 0.6 is 0 Å². The van der Waals surface area contributed by atoms with E-state index in [0.717, 1.165) is 28.1 Å². The second-order valence-corrected chi connectivity index (χ2v) is 6.52. The highest BCUT2D eigenvalue weighted by molar-refractivity contribution is 6.00. The number of nitrogens with one attached hydrogen (secondary N) is 1. The number of hydrogen-bond donors (Lipinski definition) is 1. The minimum Gasteiger partial charge on any atom is -0.497 e. The number of nitrogens with zero attached hydrogens (tertiary/aromatic N) is 2. The van der Waals surface area contributed by atoms with E-state index in [1.807, 2.05) is 42.5 Å². The van der Waals surface area contributed by atoms with Crippen molar-refractivity contribution < 1.29 is 19.0 Å². The normalized spacial score (nSPS) is 15.5. The number of benzene rings is 2. The number of carbonyl (C=O) groups excluding carboxylic acids is 1. The van der Waals surface area contributed by atoms with Crippen LogP contribution in [0.5, 0.6) is 17.2 Å². The molecule has 0 fully saturated rings. The molecular weight excluding hydrogens is 358 g/mol. The van der Waals surface area contributed by atoms with Gasteiger partial charge >= 0.3 is 0 Å². The molecule has 0 aliphatic carbocycles. The molecule has 1 aliphatic heterocycles. The minimum absolute atomic E-state index is 0.106. The van der Waals surface area contributed by atoms with Gasteiger partial charge in [-0.2, -0.15) is 5.10 Å². The fourth-order valence-electron chi connectivity index (χ4n) is 3.64. The first kappa shape index (κ1) is 17.9. The Morgan fingerprint density at radius 1 is 0.964 bits per heavy atom. The topological polar surface area (TPSA) is 76.7 Å². The summed E-state index contributed by atoms with van der Waals surface area (Å²) < 4.78 is 16.1. The number of fused-ring (bicyclic) bond motifs is 1. The lowest BCUT2D eigenvalue weighted by Gasteiger charge is -2.24. The van der Waals surface area contributed by atoms with Gasteiger partial charge in [-0.05, 0) is 36.4 Å².